The highest BCUT2D eigenvalue weighted by atomic mass is 16.4. The van der Waals surface area contributed by atoms with Gasteiger partial charge in [-0.15, -0.1) is 0 Å². The van der Waals surface area contributed by atoms with E-state index in [0.717, 1.165) is 0 Å². The van der Waals surface area contributed by atoms with Crippen molar-refractivity contribution in [1.82, 2.24) is 14.6 Å². The first-order valence-corrected chi connectivity index (χ1v) is 3.92. The van der Waals surface area contributed by atoms with E-state index in [1.807, 2.05) is 0 Å². The van der Waals surface area contributed by atoms with E-state index >= 15 is 0 Å². The molecule has 0 aliphatic heterocycles. The molecule has 2 rings (SSSR count). The van der Waals surface area contributed by atoms with E-state index in [0.29, 0.717) is 11.3 Å². The second kappa shape index (κ2) is 2.95. The smallest absolute Gasteiger partial charge is 0.341 e. The molecule has 14 heavy (non-hydrogen) atoms. The highest BCUT2D eigenvalue weighted by molar-refractivity contribution is 5.94. The van der Waals surface area contributed by atoms with Crippen LogP contribution in [0.1, 0.15) is 16.1 Å². The molecule has 0 fully saturated rings. The van der Waals surface area contributed by atoms with Gasteiger partial charge in [-0.3, -0.25) is 0 Å². The van der Waals surface area contributed by atoms with Crippen molar-refractivity contribution in [2.24, 2.45) is 0 Å². The van der Waals surface area contributed by atoms with E-state index in [1.54, 1.807) is 18.3 Å². The van der Waals surface area contributed by atoms with Crippen molar-refractivity contribution in [3.8, 4) is 0 Å². The van der Waals surface area contributed by atoms with Gasteiger partial charge in [-0.2, -0.15) is 5.10 Å². The fourth-order valence-electron chi connectivity index (χ4n) is 1.15. The van der Waals surface area contributed by atoms with Crippen molar-refractivity contribution >= 4 is 17.7 Å². The molecule has 0 saturated heterocycles. The van der Waals surface area contributed by atoms with Gasteiger partial charge >= 0.3 is 5.97 Å². The first-order chi connectivity index (χ1) is 6.72. The van der Waals surface area contributed by atoms with Crippen LogP contribution in [-0.4, -0.2) is 25.7 Å². The van der Waals surface area contributed by atoms with Gasteiger partial charge in [0.05, 0.1) is 11.9 Å². The van der Waals surface area contributed by atoms with Crippen LogP contribution in [0.4, 0.5) is 0 Å². The molecule has 70 valence electrons. The van der Waals surface area contributed by atoms with Gasteiger partial charge in [0, 0.05) is 6.20 Å². The van der Waals surface area contributed by atoms with Gasteiger partial charge in [-0.1, -0.05) is 6.58 Å². The average molecular weight is 189 g/mol. The number of nitrogens with zero attached hydrogens (tertiary/aromatic N) is 3. The van der Waals surface area contributed by atoms with E-state index < -0.39 is 5.97 Å². The average Bonchev–Trinajstić information content (AvgIpc) is 2.59. The molecule has 5 heteroatoms. The Morgan fingerprint density at radius 1 is 1.64 bits per heavy atom. The van der Waals surface area contributed by atoms with Crippen molar-refractivity contribution in [2.45, 2.75) is 0 Å². The molecule has 0 aromatic carbocycles. The molecule has 0 spiro atoms. The summed E-state index contributed by atoms with van der Waals surface area (Å²) in [4.78, 5) is 14.8. The first kappa shape index (κ1) is 8.43. The summed E-state index contributed by atoms with van der Waals surface area (Å²) in [6.45, 7) is 3.56. The van der Waals surface area contributed by atoms with Crippen molar-refractivity contribution < 1.29 is 9.90 Å². The quantitative estimate of drug-likeness (QED) is 0.767. The van der Waals surface area contributed by atoms with Crippen molar-refractivity contribution in [2.75, 3.05) is 0 Å². The number of carboxylic acids is 1. The zero-order valence-corrected chi connectivity index (χ0v) is 7.21. The number of hydrogen-bond donors (Lipinski definition) is 1. The maximum absolute atomic E-state index is 10.8. The minimum atomic E-state index is -1.03. The van der Waals surface area contributed by atoms with Gasteiger partial charge in [-0.25, -0.2) is 14.3 Å². The van der Waals surface area contributed by atoms with Crippen molar-refractivity contribution in [1.29, 1.82) is 0 Å². The van der Waals surface area contributed by atoms with Gasteiger partial charge in [-0.05, 0) is 12.1 Å². The maximum atomic E-state index is 10.8. The van der Waals surface area contributed by atoms with Crippen LogP contribution in [0.15, 0.2) is 25.0 Å². The molecular formula is C9H7N3O2. The molecule has 0 bridgehead atoms. The molecule has 0 aliphatic rings. The van der Waals surface area contributed by atoms with Crippen LogP contribution in [0, 0.1) is 0 Å². The lowest BCUT2D eigenvalue weighted by atomic mass is 10.3. The van der Waals surface area contributed by atoms with E-state index in [2.05, 4.69) is 16.7 Å². The van der Waals surface area contributed by atoms with Crippen LogP contribution in [0.3, 0.4) is 0 Å². The number of hydrogen-bond acceptors (Lipinski definition) is 3. The fourth-order valence-corrected chi connectivity index (χ4v) is 1.15. The third kappa shape index (κ3) is 1.15. The lowest BCUT2D eigenvalue weighted by Crippen LogP contribution is -1.98. The molecule has 0 unspecified atom stereocenters. The summed E-state index contributed by atoms with van der Waals surface area (Å²) in [7, 11) is 0. The normalized spacial score (nSPS) is 10.3. The van der Waals surface area contributed by atoms with Crippen molar-refractivity contribution in [3.63, 3.8) is 0 Å². The van der Waals surface area contributed by atoms with Crippen molar-refractivity contribution in [3.05, 3.63) is 36.3 Å². The molecule has 0 atom stereocenters. The van der Waals surface area contributed by atoms with Gasteiger partial charge in [0.1, 0.15) is 5.56 Å². The summed E-state index contributed by atoms with van der Waals surface area (Å²) in [6.07, 6.45) is 4.47. The minimum Gasteiger partial charge on any atom is -0.477 e. The number of aromatic nitrogens is 3. The van der Waals surface area contributed by atoms with Gasteiger partial charge in [0.25, 0.3) is 0 Å². The zero-order chi connectivity index (χ0) is 10.1. The molecule has 2 heterocycles. The number of rotatable bonds is 2. The minimum absolute atomic E-state index is 0.0914. The molecule has 0 saturated carbocycles. The SMILES string of the molecule is C=Cc1ccn2ncc(C(=O)O)c2n1. The molecule has 0 radical (unpaired) electrons. The summed E-state index contributed by atoms with van der Waals surface area (Å²) in [5, 5.41) is 12.7. The molecular weight excluding hydrogens is 182 g/mol. The molecule has 0 amide bonds. The van der Waals surface area contributed by atoms with Gasteiger partial charge in [0.15, 0.2) is 5.65 Å². The monoisotopic (exact) mass is 189 g/mol. The topological polar surface area (TPSA) is 67.5 Å². The zero-order valence-electron chi connectivity index (χ0n) is 7.21. The molecule has 1 N–H and O–H groups in total. The summed E-state index contributed by atoms with van der Waals surface area (Å²) < 4.78 is 1.41. The highest BCUT2D eigenvalue weighted by Crippen LogP contribution is 2.08. The second-order valence-electron chi connectivity index (χ2n) is 2.69. The Kier molecular flexibility index (Phi) is 1.78. The van der Waals surface area contributed by atoms with Crippen LogP contribution in [0.25, 0.3) is 11.7 Å². The number of carbonyl (C=O) groups is 1. The molecule has 5 nitrogen and oxygen atoms in total. The Morgan fingerprint density at radius 2 is 2.43 bits per heavy atom. The number of carboxylic acid groups (broad SMARTS) is 1. The summed E-state index contributed by atoms with van der Waals surface area (Å²) in [6, 6.07) is 1.71. The van der Waals surface area contributed by atoms with E-state index in [4.69, 9.17) is 5.11 Å². The van der Waals surface area contributed by atoms with Gasteiger partial charge < -0.3 is 5.11 Å². The highest BCUT2D eigenvalue weighted by Gasteiger charge is 2.11. The Hall–Kier alpha value is -2.17. The largest absolute Gasteiger partial charge is 0.477 e. The predicted octanol–water partition coefficient (Wildman–Crippen LogP) is 1.07. The summed E-state index contributed by atoms with van der Waals surface area (Å²) in [5.74, 6) is -1.03. The lowest BCUT2D eigenvalue weighted by molar-refractivity contribution is 0.0699. The Labute approximate surface area is 79.3 Å². The molecule has 2 aromatic rings. The molecule has 0 aliphatic carbocycles. The maximum Gasteiger partial charge on any atom is 0.341 e. The first-order valence-electron chi connectivity index (χ1n) is 3.92. The summed E-state index contributed by atoms with van der Waals surface area (Å²) in [5.41, 5.74) is 1.05. The van der Waals surface area contributed by atoms with Gasteiger partial charge in [0.2, 0.25) is 0 Å². The predicted molar refractivity (Wildman–Crippen MR) is 50.0 cm³/mol. The Bertz CT molecular complexity index is 516. The van der Waals surface area contributed by atoms with E-state index in [-0.39, 0.29) is 5.56 Å². The van der Waals surface area contributed by atoms with Crippen LogP contribution < -0.4 is 0 Å². The third-order valence-electron chi connectivity index (χ3n) is 1.83. The van der Waals surface area contributed by atoms with Crippen LogP contribution in [0.2, 0.25) is 0 Å². The fraction of sp³-hybridized carbons (Fsp3) is 0. The summed E-state index contributed by atoms with van der Waals surface area (Å²) >= 11 is 0. The van der Waals surface area contributed by atoms with E-state index in [9.17, 15) is 4.79 Å². The van der Waals surface area contributed by atoms with Crippen LogP contribution >= 0.6 is 0 Å². The van der Waals surface area contributed by atoms with E-state index in [1.165, 1.54) is 10.7 Å². The number of fused-ring (bicyclic) bond motifs is 1. The molecule has 2 aromatic heterocycles. The Balaban J connectivity index is 2.75. The standard InChI is InChI=1S/C9H7N3O2/c1-2-6-3-4-12-8(11-6)7(5-10-12)9(13)14/h2-5H,1H2,(H,13,14). The third-order valence-corrected chi connectivity index (χ3v) is 1.83. The number of aromatic carboxylic acids is 1. The van der Waals surface area contributed by atoms with Crippen LogP contribution in [0.5, 0.6) is 0 Å². The second-order valence-corrected chi connectivity index (χ2v) is 2.69. The van der Waals surface area contributed by atoms with Crippen LogP contribution in [-0.2, 0) is 0 Å². The Morgan fingerprint density at radius 3 is 3.07 bits per heavy atom. The lowest BCUT2D eigenvalue weighted by Gasteiger charge is -1.95.